The predicted molar refractivity (Wildman–Crippen MR) is 96.8 cm³/mol. The molecule has 0 aliphatic carbocycles. The lowest BCUT2D eigenvalue weighted by Gasteiger charge is -2.26. The van der Waals surface area contributed by atoms with Crippen LogP contribution in [-0.4, -0.2) is 53.8 Å². The van der Waals surface area contributed by atoms with Gasteiger partial charge in [0.05, 0.1) is 19.2 Å². The van der Waals surface area contributed by atoms with E-state index in [0.29, 0.717) is 37.2 Å². The van der Waals surface area contributed by atoms with Gasteiger partial charge in [0.15, 0.2) is 0 Å². The summed E-state index contributed by atoms with van der Waals surface area (Å²) in [4.78, 5) is 29.6. The van der Waals surface area contributed by atoms with Crippen molar-refractivity contribution in [1.29, 1.82) is 0 Å². The normalized spacial score (nSPS) is 13.7. The number of benzene rings is 1. The minimum atomic E-state index is -0.537. The third kappa shape index (κ3) is 3.46. The topological polar surface area (TPSA) is 72.0 Å². The molecule has 0 saturated carbocycles. The van der Waals surface area contributed by atoms with Crippen LogP contribution in [0.5, 0.6) is 5.75 Å². The molecule has 2 amide bonds. The Hall–Kier alpha value is -3.09. The first kappa shape index (κ1) is 17.7. The van der Waals surface area contributed by atoms with Crippen molar-refractivity contribution in [2.24, 2.45) is 0 Å². The maximum atomic E-state index is 12.9. The SMILES string of the molecule is C=CCCOC(=O)N1CCCN1C(=O)c1cc(OC)c2ccccc2n1. The zero-order valence-electron chi connectivity index (χ0n) is 14.7. The molecule has 0 radical (unpaired) electrons. The zero-order chi connectivity index (χ0) is 18.5. The molecule has 0 unspecified atom stereocenters. The van der Waals surface area contributed by atoms with Crippen LogP contribution in [0.4, 0.5) is 4.79 Å². The van der Waals surface area contributed by atoms with Crippen LogP contribution < -0.4 is 4.74 Å². The van der Waals surface area contributed by atoms with Crippen molar-refractivity contribution in [3.63, 3.8) is 0 Å². The molecule has 3 rings (SSSR count). The molecule has 2 aromatic rings. The number of carbonyl (C=O) groups excluding carboxylic acids is 2. The van der Waals surface area contributed by atoms with E-state index in [4.69, 9.17) is 9.47 Å². The third-order valence-corrected chi connectivity index (χ3v) is 4.14. The highest BCUT2D eigenvalue weighted by Crippen LogP contribution is 2.26. The summed E-state index contributed by atoms with van der Waals surface area (Å²) >= 11 is 0. The lowest BCUT2D eigenvalue weighted by atomic mass is 10.1. The number of nitrogens with zero attached hydrogens (tertiary/aromatic N) is 3. The first-order chi connectivity index (χ1) is 12.7. The fourth-order valence-electron chi connectivity index (χ4n) is 2.87. The standard InChI is InChI=1S/C19H21N3O4/c1-3-4-12-26-19(24)22-11-7-10-21(22)18(23)16-13-17(25-2)14-8-5-6-9-15(14)20-16/h3,5-6,8-9,13H,1,4,7,10-12H2,2H3. The molecule has 136 valence electrons. The van der Waals surface area contributed by atoms with Gasteiger partial charge in [-0.15, -0.1) is 6.58 Å². The number of para-hydroxylation sites is 1. The minimum Gasteiger partial charge on any atom is -0.496 e. The Morgan fingerprint density at radius 1 is 1.27 bits per heavy atom. The van der Waals surface area contributed by atoms with Crippen LogP contribution in [0.2, 0.25) is 0 Å². The van der Waals surface area contributed by atoms with Gasteiger partial charge in [-0.2, -0.15) is 0 Å². The van der Waals surface area contributed by atoms with Crippen molar-refractivity contribution >= 4 is 22.9 Å². The summed E-state index contributed by atoms with van der Waals surface area (Å²) in [6.07, 6.45) is 2.39. The van der Waals surface area contributed by atoms with E-state index in [-0.39, 0.29) is 18.2 Å². The first-order valence-electron chi connectivity index (χ1n) is 8.46. The molecular weight excluding hydrogens is 334 g/mol. The largest absolute Gasteiger partial charge is 0.496 e. The molecule has 7 nitrogen and oxygen atoms in total. The van der Waals surface area contributed by atoms with Crippen LogP contribution in [0.15, 0.2) is 43.0 Å². The number of fused-ring (bicyclic) bond motifs is 1. The number of carbonyl (C=O) groups is 2. The lowest BCUT2D eigenvalue weighted by Crippen LogP contribution is -2.45. The second-order valence-corrected chi connectivity index (χ2v) is 5.82. The second kappa shape index (κ2) is 7.86. The number of amides is 2. The second-order valence-electron chi connectivity index (χ2n) is 5.82. The number of methoxy groups -OCH3 is 1. The van der Waals surface area contributed by atoms with Crippen LogP contribution in [0.1, 0.15) is 23.3 Å². The zero-order valence-corrected chi connectivity index (χ0v) is 14.7. The molecule has 1 aliphatic heterocycles. The summed E-state index contributed by atoms with van der Waals surface area (Å²) in [5, 5.41) is 3.54. The number of hydrogen-bond acceptors (Lipinski definition) is 5. The number of rotatable bonds is 5. The fraction of sp³-hybridized carbons (Fsp3) is 0.316. The van der Waals surface area contributed by atoms with Gasteiger partial charge in [0.25, 0.3) is 5.91 Å². The Kier molecular flexibility index (Phi) is 5.36. The molecule has 0 bridgehead atoms. The van der Waals surface area contributed by atoms with E-state index in [0.717, 1.165) is 5.39 Å². The number of hydrazine groups is 1. The van der Waals surface area contributed by atoms with Crippen LogP contribution >= 0.6 is 0 Å². The predicted octanol–water partition coefficient (Wildman–Crippen LogP) is 3.02. The third-order valence-electron chi connectivity index (χ3n) is 4.14. The highest BCUT2D eigenvalue weighted by molar-refractivity contribution is 5.97. The maximum absolute atomic E-state index is 12.9. The molecule has 0 N–H and O–H groups in total. The molecule has 2 heterocycles. The summed E-state index contributed by atoms with van der Waals surface area (Å²) in [5.41, 5.74) is 0.890. The van der Waals surface area contributed by atoms with E-state index in [9.17, 15) is 9.59 Å². The summed E-state index contributed by atoms with van der Waals surface area (Å²) in [6, 6.07) is 9.04. The van der Waals surface area contributed by atoms with Crippen LogP contribution in [-0.2, 0) is 4.74 Å². The van der Waals surface area contributed by atoms with Gasteiger partial charge in [-0.3, -0.25) is 4.79 Å². The summed E-state index contributed by atoms with van der Waals surface area (Å²) in [6.45, 7) is 4.70. The van der Waals surface area contributed by atoms with Gasteiger partial charge >= 0.3 is 6.09 Å². The number of hydrogen-bond donors (Lipinski definition) is 0. The van der Waals surface area contributed by atoms with Crippen LogP contribution in [0.25, 0.3) is 10.9 Å². The molecule has 0 spiro atoms. The van der Waals surface area contributed by atoms with Gasteiger partial charge < -0.3 is 9.47 Å². The van der Waals surface area contributed by atoms with Crippen molar-refractivity contribution in [3.8, 4) is 5.75 Å². The molecule has 1 aromatic carbocycles. The van der Waals surface area contributed by atoms with E-state index in [1.807, 2.05) is 24.3 Å². The average Bonchev–Trinajstić information content (AvgIpc) is 3.16. The highest BCUT2D eigenvalue weighted by atomic mass is 16.6. The molecule has 7 heteroatoms. The highest BCUT2D eigenvalue weighted by Gasteiger charge is 2.33. The number of ether oxygens (including phenoxy) is 2. The molecule has 26 heavy (non-hydrogen) atoms. The minimum absolute atomic E-state index is 0.228. The van der Waals surface area contributed by atoms with E-state index < -0.39 is 6.09 Å². The Labute approximate surface area is 151 Å². The Balaban J connectivity index is 1.85. The van der Waals surface area contributed by atoms with Gasteiger partial charge in [-0.05, 0) is 25.0 Å². The van der Waals surface area contributed by atoms with E-state index in [1.54, 1.807) is 19.3 Å². The smallest absolute Gasteiger partial charge is 0.428 e. The van der Waals surface area contributed by atoms with Gasteiger partial charge in [0.2, 0.25) is 0 Å². The van der Waals surface area contributed by atoms with Crippen molar-refractivity contribution in [1.82, 2.24) is 15.0 Å². The molecule has 1 aliphatic rings. The van der Waals surface area contributed by atoms with Gasteiger partial charge in [0, 0.05) is 24.5 Å². The summed E-state index contributed by atoms with van der Waals surface area (Å²) in [5.74, 6) is 0.213. The Bertz CT molecular complexity index is 837. The first-order valence-corrected chi connectivity index (χ1v) is 8.46. The maximum Gasteiger partial charge on any atom is 0.428 e. The van der Waals surface area contributed by atoms with Crippen LogP contribution in [0, 0.1) is 0 Å². The lowest BCUT2D eigenvalue weighted by molar-refractivity contribution is 0.0133. The molecule has 1 aromatic heterocycles. The van der Waals surface area contributed by atoms with Gasteiger partial charge in [-0.25, -0.2) is 19.8 Å². The molecular formula is C19H21N3O4. The summed E-state index contributed by atoms with van der Waals surface area (Å²) in [7, 11) is 1.55. The van der Waals surface area contributed by atoms with Crippen molar-refractivity contribution < 1.29 is 19.1 Å². The quantitative estimate of drug-likeness (QED) is 0.609. The van der Waals surface area contributed by atoms with Gasteiger partial charge in [0.1, 0.15) is 11.4 Å². The Morgan fingerprint density at radius 2 is 2.04 bits per heavy atom. The molecule has 1 saturated heterocycles. The van der Waals surface area contributed by atoms with E-state index >= 15 is 0 Å². The van der Waals surface area contributed by atoms with E-state index in [2.05, 4.69) is 11.6 Å². The van der Waals surface area contributed by atoms with Crippen molar-refractivity contribution in [3.05, 3.63) is 48.7 Å². The average molecular weight is 355 g/mol. The number of pyridine rings is 1. The van der Waals surface area contributed by atoms with Crippen LogP contribution in [0.3, 0.4) is 0 Å². The molecule has 1 fully saturated rings. The van der Waals surface area contributed by atoms with E-state index in [1.165, 1.54) is 10.0 Å². The Morgan fingerprint density at radius 3 is 2.81 bits per heavy atom. The molecule has 0 atom stereocenters. The summed E-state index contributed by atoms with van der Waals surface area (Å²) < 4.78 is 10.6. The monoisotopic (exact) mass is 355 g/mol. The van der Waals surface area contributed by atoms with Crippen molar-refractivity contribution in [2.75, 3.05) is 26.8 Å². The van der Waals surface area contributed by atoms with Gasteiger partial charge in [-0.1, -0.05) is 18.2 Å². The fourth-order valence-corrected chi connectivity index (χ4v) is 2.87. The van der Waals surface area contributed by atoms with Crippen molar-refractivity contribution in [2.45, 2.75) is 12.8 Å². The number of aromatic nitrogens is 1.